The van der Waals surface area contributed by atoms with Gasteiger partial charge in [0.15, 0.2) is 5.78 Å². The second kappa shape index (κ2) is 6.79. The molecule has 0 aromatic carbocycles. The fourth-order valence-corrected chi connectivity index (χ4v) is 9.49. The number of rotatable bonds is 3. The van der Waals surface area contributed by atoms with E-state index in [4.69, 9.17) is 0 Å². The lowest BCUT2D eigenvalue weighted by atomic mass is 9.46. The number of carboxylic acids is 1. The van der Waals surface area contributed by atoms with Crippen molar-refractivity contribution in [1.82, 2.24) is 0 Å². The average Bonchev–Trinajstić information content (AvgIpc) is 2.94. The van der Waals surface area contributed by atoms with Crippen molar-refractivity contribution >= 4 is 34.3 Å². The van der Waals surface area contributed by atoms with Crippen molar-refractivity contribution in [2.45, 2.75) is 81.7 Å². The van der Waals surface area contributed by atoms with E-state index in [-0.39, 0.29) is 23.2 Å². The molecule has 0 saturated heterocycles. The summed E-state index contributed by atoms with van der Waals surface area (Å²) in [6.07, 6.45) is 8.75. The van der Waals surface area contributed by atoms with Crippen LogP contribution in [-0.4, -0.2) is 31.5 Å². The summed E-state index contributed by atoms with van der Waals surface area (Å²) in [5.74, 6) is 1.20. The van der Waals surface area contributed by atoms with Crippen LogP contribution in [0.4, 0.5) is 0 Å². The van der Waals surface area contributed by atoms with Crippen molar-refractivity contribution in [1.29, 1.82) is 0 Å². The van der Waals surface area contributed by atoms with Crippen molar-refractivity contribution < 1.29 is 19.8 Å². The molecule has 3 saturated carbocycles. The van der Waals surface area contributed by atoms with E-state index in [1.54, 1.807) is 6.92 Å². The zero-order chi connectivity index (χ0) is 20.5. The molecule has 4 rings (SSSR count). The number of carbonyl (C=O) groups excluding carboxylic acids is 1. The molecule has 2 N–H and O–H groups in total. The van der Waals surface area contributed by atoms with E-state index < -0.39 is 11.6 Å². The fourth-order valence-electron chi connectivity index (χ4n) is 8.01. The Morgan fingerprint density at radius 2 is 1.96 bits per heavy atom. The molecular formula is C23H33IO4. The van der Waals surface area contributed by atoms with Gasteiger partial charge in [-0.25, -0.2) is 0 Å². The van der Waals surface area contributed by atoms with Gasteiger partial charge in [-0.15, -0.1) is 0 Å². The van der Waals surface area contributed by atoms with Crippen LogP contribution in [0.2, 0.25) is 0 Å². The smallest absolute Gasteiger partial charge is 0.306 e. The number of ketones is 1. The maximum Gasteiger partial charge on any atom is 0.306 e. The Balaban J connectivity index is 1.65. The molecule has 0 spiro atoms. The quantitative estimate of drug-likeness (QED) is 0.433. The van der Waals surface area contributed by atoms with Gasteiger partial charge < -0.3 is 10.2 Å². The highest BCUT2D eigenvalue weighted by atomic mass is 127. The maximum absolute atomic E-state index is 12.1. The largest absolute Gasteiger partial charge is 0.481 e. The molecule has 4 aliphatic carbocycles. The summed E-state index contributed by atoms with van der Waals surface area (Å²) in [5.41, 5.74) is 0.374. The van der Waals surface area contributed by atoms with E-state index in [2.05, 4.69) is 36.4 Å². The Hall–Kier alpha value is -0.430. The second-order valence-corrected chi connectivity index (χ2v) is 12.2. The zero-order valence-corrected chi connectivity index (χ0v) is 19.4. The van der Waals surface area contributed by atoms with Crippen molar-refractivity contribution in [3.05, 3.63) is 11.6 Å². The topological polar surface area (TPSA) is 74.6 Å². The Labute approximate surface area is 181 Å². The molecule has 0 bridgehead atoms. The van der Waals surface area contributed by atoms with Crippen LogP contribution >= 0.6 is 22.6 Å². The first-order valence-electron chi connectivity index (χ1n) is 10.8. The third kappa shape index (κ3) is 3.01. The number of allylic oxidation sites excluding steroid dienone is 1. The molecule has 4 nitrogen and oxygen atoms in total. The molecule has 0 heterocycles. The lowest BCUT2D eigenvalue weighted by molar-refractivity contribution is -0.150. The van der Waals surface area contributed by atoms with Crippen LogP contribution in [0.15, 0.2) is 11.6 Å². The molecule has 5 heteroatoms. The lowest BCUT2D eigenvalue weighted by Gasteiger charge is -2.60. The van der Waals surface area contributed by atoms with E-state index in [0.717, 1.165) is 38.5 Å². The van der Waals surface area contributed by atoms with Crippen molar-refractivity contribution in [3.8, 4) is 0 Å². The first-order valence-corrected chi connectivity index (χ1v) is 12.1. The molecule has 0 aromatic heterocycles. The van der Waals surface area contributed by atoms with Crippen LogP contribution in [0.5, 0.6) is 0 Å². The van der Waals surface area contributed by atoms with Crippen LogP contribution in [0.1, 0.15) is 72.1 Å². The predicted octanol–water partition coefficient (Wildman–Crippen LogP) is 4.77. The summed E-state index contributed by atoms with van der Waals surface area (Å²) in [6.45, 7) is 6.45. The molecule has 8 atom stereocenters. The molecule has 2 unspecified atom stereocenters. The summed E-state index contributed by atoms with van der Waals surface area (Å²) < 4.78 is 0.411. The van der Waals surface area contributed by atoms with Gasteiger partial charge in [0, 0.05) is 10.3 Å². The molecule has 156 valence electrons. The number of fused-ring (bicyclic) bond motifs is 5. The minimum Gasteiger partial charge on any atom is -0.481 e. The van der Waals surface area contributed by atoms with E-state index in [9.17, 15) is 19.8 Å². The molecule has 28 heavy (non-hydrogen) atoms. The summed E-state index contributed by atoms with van der Waals surface area (Å²) in [4.78, 5) is 23.4. The number of aliphatic carboxylic acids is 1. The zero-order valence-electron chi connectivity index (χ0n) is 17.2. The van der Waals surface area contributed by atoms with Gasteiger partial charge in [-0.3, -0.25) is 9.59 Å². The molecule has 0 aromatic rings. The maximum atomic E-state index is 12.1. The molecule has 4 aliphatic rings. The van der Waals surface area contributed by atoms with Crippen LogP contribution in [0.25, 0.3) is 0 Å². The summed E-state index contributed by atoms with van der Waals surface area (Å²) in [7, 11) is 0. The van der Waals surface area contributed by atoms with Gasteiger partial charge in [-0.2, -0.15) is 0 Å². The molecule has 0 amide bonds. The second-order valence-electron chi connectivity index (χ2n) is 10.7. The van der Waals surface area contributed by atoms with E-state index in [1.807, 2.05) is 6.08 Å². The summed E-state index contributed by atoms with van der Waals surface area (Å²) >= 11 is 2.55. The minimum atomic E-state index is -1.15. The van der Waals surface area contributed by atoms with Gasteiger partial charge in [0.05, 0.1) is 12.0 Å². The average molecular weight is 500 g/mol. The number of carbonyl (C=O) groups is 2. The number of halogens is 1. The Kier molecular flexibility index (Phi) is 5.05. The molecule has 0 aliphatic heterocycles. The van der Waals surface area contributed by atoms with Gasteiger partial charge in [0.1, 0.15) is 0 Å². The first kappa shape index (κ1) is 20.8. The van der Waals surface area contributed by atoms with Gasteiger partial charge in [-0.05, 0) is 91.6 Å². The van der Waals surface area contributed by atoms with Gasteiger partial charge in [-0.1, -0.05) is 36.4 Å². The highest BCUT2D eigenvalue weighted by molar-refractivity contribution is 14.1. The van der Waals surface area contributed by atoms with Crippen LogP contribution < -0.4 is 0 Å². The number of carboxylic acid groups (broad SMARTS) is 1. The van der Waals surface area contributed by atoms with Gasteiger partial charge >= 0.3 is 5.97 Å². The van der Waals surface area contributed by atoms with E-state index in [1.165, 1.54) is 5.57 Å². The Morgan fingerprint density at radius 1 is 1.25 bits per heavy atom. The third-order valence-electron chi connectivity index (χ3n) is 9.20. The van der Waals surface area contributed by atoms with Crippen LogP contribution in [0, 0.1) is 34.5 Å². The Bertz CT molecular complexity index is 728. The molecule has 3 fully saturated rings. The van der Waals surface area contributed by atoms with Gasteiger partial charge in [0.2, 0.25) is 0 Å². The monoisotopic (exact) mass is 500 g/mol. The normalized spacial score (nSPS) is 47.4. The van der Waals surface area contributed by atoms with Crippen LogP contribution in [-0.2, 0) is 9.59 Å². The Morgan fingerprint density at radius 3 is 2.64 bits per heavy atom. The summed E-state index contributed by atoms with van der Waals surface area (Å²) in [5, 5.41) is 20.4. The summed E-state index contributed by atoms with van der Waals surface area (Å²) in [6, 6.07) is 0. The minimum absolute atomic E-state index is 0.0124. The van der Waals surface area contributed by atoms with Crippen molar-refractivity contribution in [2.24, 2.45) is 34.5 Å². The fraction of sp³-hybridized carbons (Fsp3) is 0.826. The van der Waals surface area contributed by atoms with Crippen LogP contribution in [0.3, 0.4) is 0 Å². The number of aliphatic hydroxyl groups is 1. The van der Waals surface area contributed by atoms with Crippen molar-refractivity contribution in [2.75, 3.05) is 0 Å². The predicted molar refractivity (Wildman–Crippen MR) is 116 cm³/mol. The van der Waals surface area contributed by atoms with E-state index >= 15 is 0 Å². The number of hydrogen-bond acceptors (Lipinski definition) is 3. The van der Waals surface area contributed by atoms with Crippen molar-refractivity contribution in [3.63, 3.8) is 0 Å². The number of hydrogen-bond donors (Lipinski definition) is 2. The number of alkyl halides is 1. The van der Waals surface area contributed by atoms with E-state index in [0.29, 0.717) is 33.9 Å². The third-order valence-corrected chi connectivity index (χ3v) is 10.4. The lowest BCUT2D eigenvalue weighted by Crippen LogP contribution is -2.55. The SMILES string of the molecule is CC(O)(CC(=O)O)[C@H]1CC[C@H]2[C@@H]3CC(I)C4=CC(=O)CC[C@]4(C)[C@H]3CC[C@]12C. The highest BCUT2D eigenvalue weighted by Gasteiger charge is 2.62. The molecule has 0 radical (unpaired) electrons. The molecular weight excluding hydrogens is 467 g/mol. The highest BCUT2D eigenvalue weighted by Crippen LogP contribution is 2.68. The standard InChI is InChI=1S/C23H33IO4/c1-21-8-6-13(25)10-17(21)18(24)11-14-15-4-5-19(23(3,28)12-20(26)27)22(15,2)9-7-16(14)21/h10,14-16,18-19,28H,4-9,11-12H2,1-3H3,(H,26,27)/t14-,15-,16-,18?,19-,21+,22-,23?/m0/s1. The first-order chi connectivity index (χ1) is 13.0. The van der Waals surface area contributed by atoms with Gasteiger partial charge in [0.25, 0.3) is 0 Å².